The molecule has 1 spiro atoms. The van der Waals surface area contributed by atoms with Gasteiger partial charge >= 0.3 is 0 Å². The van der Waals surface area contributed by atoms with Gasteiger partial charge in [0, 0.05) is 26.2 Å². The zero-order valence-corrected chi connectivity index (χ0v) is 17.3. The molecular formula is C21H32N2O4S. The molecule has 0 amide bonds. The van der Waals surface area contributed by atoms with Gasteiger partial charge in [-0.15, -0.1) is 0 Å². The second-order valence-corrected chi connectivity index (χ2v) is 10.8. The molecule has 2 atom stereocenters. The number of aliphatic hydroxyl groups excluding tert-OH is 1. The summed E-state index contributed by atoms with van der Waals surface area (Å²) in [4.78, 5) is 2.32. The van der Waals surface area contributed by atoms with E-state index in [1.807, 2.05) is 30.3 Å². The van der Waals surface area contributed by atoms with Crippen LogP contribution < -0.4 is 0 Å². The van der Waals surface area contributed by atoms with Gasteiger partial charge in [0.05, 0.1) is 24.6 Å². The average molecular weight is 409 g/mol. The lowest BCUT2D eigenvalue weighted by atomic mass is 9.77. The first-order valence-corrected chi connectivity index (χ1v) is 12.1. The fraction of sp³-hybridized carbons (Fsp3) is 0.714. The molecule has 1 N–H and O–H groups in total. The van der Waals surface area contributed by atoms with Gasteiger partial charge < -0.3 is 9.84 Å². The Morgan fingerprint density at radius 1 is 1.14 bits per heavy atom. The summed E-state index contributed by atoms with van der Waals surface area (Å²) in [6.07, 6.45) is 4.71. The third kappa shape index (κ3) is 4.76. The lowest BCUT2D eigenvalue weighted by molar-refractivity contribution is 0.0242. The van der Waals surface area contributed by atoms with Gasteiger partial charge in [-0.1, -0.05) is 30.3 Å². The fourth-order valence-electron chi connectivity index (χ4n) is 4.96. The predicted octanol–water partition coefficient (Wildman–Crippen LogP) is 1.84. The molecule has 1 aromatic rings. The lowest BCUT2D eigenvalue weighted by Gasteiger charge is -2.38. The van der Waals surface area contributed by atoms with Crippen LogP contribution in [-0.2, 0) is 20.5 Å². The fourth-order valence-corrected chi connectivity index (χ4v) is 6.50. The third-order valence-corrected chi connectivity index (χ3v) is 8.45. The quantitative estimate of drug-likeness (QED) is 0.805. The topological polar surface area (TPSA) is 70.1 Å². The molecule has 3 saturated heterocycles. The maximum Gasteiger partial charge on any atom is 0.218 e. The maximum absolute atomic E-state index is 12.8. The van der Waals surface area contributed by atoms with Gasteiger partial charge in [-0.2, -0.15) is 0 Å². The number of nitrogens with zero attached hydrogens (tertiary/aromatic N) is 2. The van der Waals surface area contributed by atoms with Gasteiger partial charge in [-0.3, -0.25) is 4.90 Å². The van der Waals surface area contributed by atoms with Crippen molar-refractivity contribution >= 4 is 10.0 Å². The summed E-state index contributed by atoms with van der Waals surface area (Å²) in [7, 11) is -3.27. The smallest absolute Gasteiger partial charge is 0.218 e. The van der Waals surface area contributed by atoms with Crippen LogP contribution >= 0.6 is 0 Å². The molecule has 1 aromatic carbocycles. The Kier molecular flexibility index (Phi) is 6.09. The van der Waals surface area contributed by atoms with E-state index in [0.717, 1.165) is 63.9 Å². The molecule has 156 valence electrons. The van der Waals surface area contributed by atoms with Crippen LogP contribution in [0.15, 0.2) is 30.3 Å². The van der Waals surface area contributed by atoms with Crippen molar-refractivity contribution < 1.29 is 18.3 Å². The number of hydrogen-bond donors (Lipinski definition) is 1. The van der Waals surface area contributed by atoms with Crippen LogP contribution in [0.2, 0.25) is 0 Å². The van der Waals surface area contributed by atoms with Crippen molar-refractivity contribution in [3.05, 3.63) is 35.9 Å². The van der Waals surface area contributed by atoms with E-state index >= 15 is 0 Å². The third-order valence-electron chi connectivity index (χ3n) is 6.60. The van der Waals surface area contributed by atoms with E-state index in [9.17, 15) is 13.5 Å². The van der Waals surface area contributed by atoms with Gasteiger partial charge in [-0.05, 0) is 49.6 Å². The predicted molar refractivity (Wildman–Crippen MR) is 108 cm³/mol. The lowest BCUT2D eigenvalue weighted by Crippen LogP contribution is -2.44. The highest BCUT2D eigenvalue weighted by Crippen LogP contribution is 2.42. The highest BCUT2D eigenvalue weighted by atomic mass is 32.2. The molecule has 3 heterocycles. The summed E-state index contributed by atoms with van der Waals surface area (Å²) in [5.74, 6) is 0.0806. The van der Waals surface area contributed by atoms with E-state index in [-0.39, 0.29) is 23.4 Å². The molecule has 7 heteroatoms. The second-order valence-electron chi connectivity index (χ2n) is 8.83. The highest BCUT2D eigenvalue weighted by molar-refractivity contribution is 7.88. The second kappa shape index (κ2) is 8.40. The summed E-state index contributed by atoms with van der Waals surface area (Å²) in [6.45, 7) is 4.59. The van der Waals surface area contributed by atoms with Crippen molar-refractivity contribution in [3.8, 4) is 0 Å². The van der Waals surface area contributed by atoms with Crippen LogP contribution in [-0.4, -0.2) is 74.3 Å². The SMILES string of the molecule is O=S(=O)(Cc1ccccc1)N1CCC2(CC1)CO[C@H](CN1CCC[C@@H](O)C1)C2. The summed E-state index contributed by atoms with van der Waals surface area (Å²) >= 11 is 0. The van der Waals surface area contributed by atoms with Crippen LogP contribution in [0.5, 0.6) is 0 Å². The van der Waals surface area contributed by atoms with Gasteiger partial charge in [-0.25, -0.2) is 12.7 Å². The summed E-state index contributed by atoms with van der Waals surface area (Å²) in [6, 6.07) is 9.41. The standard InChI is InChI=1S/C21H32N2O4S/c24-19-7-4-10-22(14-19)15-20-13-21(17-27-20)8-11-23(12-9-21)28(25,26)16-18-5-2-1-3-6-18/h1-3,5-6,19-20,24H,4,7-17H2/t19-,20+/m1/s1. The Morgan fingerprint density at radius 3 is 2.61 bits per heavy atom. The Morgan fingerprint density at radius 2 is 1.89 bits per heavy atom. The molecule has 0 unspecified atom stereocenters. The van der Waals surface area contributed by atoms with Crippen LogP contribution in [0.4, 0.5) is 0 Å². The van der Waals surface area contributed by atoms with E-state index in [1.165, 1.54) is 0 Å². The van der Waals surface area contributed by atoms with Crippen LogP contribution in [0, 0.1) is 5.41 Å². The first-order chi connectivity index (χ1) is 13.4. The Bertz CT molecular complexity index is 747. The van der Waals surface area contributed by atoms with E-state index in [1.54, 1.807) is 4.31 Å². The summed E-state index contributed by atoms with van der Waals surface area (Å²) < 4.78 is 33.3. The molecule has 0 bridgehead atoms. The van der Waals surface area contributed by atoms with Crippen molar-refractivity contribution in [2.24, 2.45) is 5.41 Å². The number of hydrogen-bond acceptors (Lipinski definition) is 5. The van der Waals surface area contributed by atoms with Crippen molar-refractivity contribution in [2.45, 2.75) is 50.1 Å². The summed E-state index contributed by atoms with van der Waals surface area (Å²) in [5, 5.41) is 9.86. The minimum absolute atomic E-state index is 0.0806. The molecule has 3 aliphatic rings. The number of aliphatic hydroxyl groups is 1. The highest BCUT2D eigenvalue weighted by Gasteiger charge is 2.44. The summed E-state index contributed by atoms with van der Waals surface area (Å²) in [5.41, 5.74) is 0.966. The van der Waals surface area contributed by atoms with Crippen molar-refractivity contribution in [1.82, 2.24) is 9.21 Å². The van der Waals surface area contributed by atoms with E-state index in [0.29, 0.717) is 13.1 Å². The minimum Gasteiger partial charge on any atom is -0.392 e. The normalized spacial score (nSPS) is 29.3. The number of benzene rings is 1. The number of rotatable bonds is 5. The number of ether oxygens (including phenoxy) is 1. The molecule has 0 aromatic heterocycles. The molecule has 0 saturated carbocycles. The van der Waals surface area contributed by atoms with Crippen LogP contribution in [0.3, 0.4) is 0 Å². The minimum atomic E-state index is -3.27. The maximum atomic E-state index is 12.8. The zero-order valence-electron chi connectivity index (χ0n) is 16.5. The largest absolute Gasteiger partial charge is 0.392 e. The van der Waals surface area contributed by atoms with Crippen LogP contribution in [0.1, 0.15) is 37.7 Å². The Hall–Kier alpha value is -0.990. The van der Waals surface area contributed by atoms with Crippen molar-refractivity contribution in [3.63, 3.8) is 0 Å². The molecular weight excluding hydrogens is 376 g/mol. The van der Waals surface area contributed by atoms with E-state index < -0.39 is 10.0 Å². The molecule has 28 heavy (non-hydrogen) atoms. The van der Waals surface area contributed by atoms with Gasteiger partial charge in [0.2, 0.25) is 10.0 Å². The number of likely N-dealkylation sites (tertiary alicyclic amines) is 1. The number of sulfonamides is 1. The van der Waals surface area contributed by atoms with E-state index in [4.69, 9.17) is 4.74 Å². The molecule has 3 aliphatic heterocycles. The average Bonchev–Trinajstić information content (AvgIpc) is 3.04. The number of β-amino-alcohol motifs (C(OH)–C–C–N with tert-alkyl or cyclic N) is 1. The van der Waals surface area contributed by atoms with Crippen molar-refractivity contribution in [2.75, 3.05) is 39.3 Å². The van der Waals surface area contributed by atoms with Gasteiger partial charge in [0.1, 0.15) is 0 Å². The van der Waals surface area contributed by atoms with Gasteiger partial charge in [0.25, 0.3) is 0 Å². The molecule has 0 aliphatic carbocycles. The molecule has 0 radical (unpaired) electrons. The monoisotopic (exact) mass is 408 g/mol. The first-order valence-electron chi connectivity index (χ1n) is 10.5. The first kappa shape index (κ1) is 20.3. The van der Waals surface area contributed by atoms with Crippen LogP contribution in [0.25, 0.3) is 0 Å². The van der Waals surface area contributed by atoms with E-state index in [2.05, 4.69) is 4.90 Å². The Labute approximate surface area is 168 Å². The molecule has 4 rings (SSSR count). The zero-order chi connectivity index (χ0) is 19.6. The van der Waals surface area contributed by atoms with Crippen molar-refractivity contribution in [1.29, 1.82) is 0 Å². The van der Waals surface area contributed by atoms with Gasteiger partial charge in [0.15, 0.2) is 0 Å². The molecule has 6 nitrogen and oxygen atoms in total. The number of piperidine rings is 2. The molecule has 3 fully saturated rings. The Balaban J connectivity index is 1.29.